The van der Waals surface area contributed by atoms with E-state index in [1.54, 1.807) is 7.11 Å². The molecular weight excluding hydrogens is 301 g/mol. The van der Waals surface area contributed by atoms with E-state index < -0.39 is 10.0 Å². The van der Waals surface area contributed by atoms with Crippen LogP contribution in [0, 0.1) is 0 Å². The summed E-state index contributed by atoms with van der Waals surface area (Å²) in [5.74, 6) is 0.683. The van der Waals surface area contributed by atoms with Crippen LogP contribution in [0.25, 0.3) is 11.3 Å². The molecule has 2 aromatic rings. The zero-order valence-electron chi connectivity index (χ0n) is 12.4. The van der Waals surface area contributed by atoms with Crippen molar-refractivity contribution >= 4 is 23.5 Å². The fourth-order valence-corrected chi connectivity index (χ4v) is 2.23. The Morgan fingerprint density at radius 1 is 1.18 bits per heavy atom. The van der Waals surface area contributed by atoms with Gasteiger partial charge in [-0.25, -0.2) is 18.1 Å². The third kappa shape index (κ3) is 5.14. The molecule has 0 amide bonds. The summed E-state index contributed by atoms with van der Waals surface area (Å²) in [5.41, 5.74) is 2.65. The summed E-state index contributed by atoms with van der Waals surface area (Å²) in [6, 6.07) is 13.2. The summed E-state index contributed by atoms with van der Waals surface area (Å²) in [6.45, 7) is 0.275. The lowest BCUT2D eigenvalue weighted by atomic mass is 10.1. The second kappa shape index (κ2) is 7.39. The Morgan fingerprint density at radius 2 is 1.91 bits per heavy atom. The molecular formula is C14H17BN3O3S. The molecule has 0 saturated carbocycles. The maximum Gasteiger partial charge on any atom is 0.437 e. The monoisotopic (exact) mass is 318 g/mol. The molecule has 115 valence electrons. The quantitative estimate of drug-likeness (QED) is 0.754. The summed E-state index contributed by atoms with van der Waals surface area (Å²) in [5, 5.41) is 2.92. The molecule has 1 radical (unpaired) electrons. The Bertz CT molecular complexity index is 720. The molecule has 0 spiro atoms. The highest BCUT2D eigenvalue weighted by Crippen LogP contribution is 2.19. The zero-order chi connectivity index (χ0) is 16.0. The van der Waals surface area contributed by atoms with Crippen molar-refractivity contribution in [3.8, 4) is 11.3 Å². The predicted molar refractivity (Wildman–Crippen MR) is 87.7 cm³/mol. The van der Waals surface area contributed by atoms with Gasteiger partial charge in [-0.1, -0.05) is 30.3 Å². The number of hydrogen-bond donors (Lipinski definition) is 2. The molecule has 0 atom stereocenters. The van der Waals surface area contributed by atoms with Crippen LogP contribution >= 0.6 is 0 Å². The van der Waals surface area contributed by atoms with E-state index in [1.807, 2.05) is 42.5 Å². The van der Waals surface area contributed by atoms with Gasteiger partial charge in [0.1, 0.15) is 5.82 Å². The van der Waals surface area contributed by atoms with E-state index in [0.29, 0.717) is 5.82 Å². The zero-order valence-corrected chi connectivity index (χ0v) is 13.2. The van der Waals surface area contributed by atoms with Gasteiger partial charge in [-0.2, -0.15) is 0 Å². The van der Waals surface area contributed by atoms with Gasteiger partial charge >= 0.3 is 7.62 Å². The third-order valence-electron chi connectivity index (χ3n) is 2.86. The molecule has 22 heavy (non-hydrogen) atoms. The average molecular weight is 318 g/mol. The molecule has 8 heteroatoms. The van der Waals surface area contributed by atoms with E-state index in [9.17, 15) is 8.42 Å². The predicted octanol–water partition coefficient (Wildman–Crippen LogP) is 1.39. The number of sulfonamides is 1. The topological polar surface area (TPSA) is 80.3 Å². The largest absolute Gasteiger partial charge is 0.437 e. The van der Waals surface area contributed by atoms with Gasteiger partial charge in [-0.15, -0.1) is 0 Å². The van der Waals surface area contributed by atoms with Gasteiger partial charge in [0.05, 0.1) is 11.9 Å². The Balaban J connectivity index is 2.09. The van der Waals surface area contributed by atoms with Crippen LogP contribution in [0.3, 0.4) is 0 Å². The van der Waals surface area contributed by atoms with E-state index >= 15 is 0 Å². The molecule has 0 aliphatic heterocycles. The van der Waals surface area contributed by atoms with Crippen molar-refractivity contribution in [3.63, 3.8) is 0 Å². The van der Waals surface area contributed by atoms with Crippen molar-refractivity contribution in [2.24, 2.45) is 0 Å². The molecule has 1 heterocycles. The number of nitrogens with zero attached hydrogens (tertiary/aromatic N) is 1. The molecule has 0 saturated heterocycles. The summed E-state index contributed by atoms with van der Waals surface area (Å²) >= 11 is 0. The van der Waals surface area contributed by atoms with Crippen molar-refractivity contribution in [2.45, 2.75) is 6.54 Å². The van der Waals surface area contributed by atoms with Gasteiger partial charge < -0.3 is 9.88 Å². The molecule has 0 fully saturated rings. The Hall–Kier alpha value is -1.90. The number of nitrogens with one attached hydrogen (secondary N) is 2. The van der Waals surface area contributed by atoms with Crippen LogP contribution in [-0.2, 0) is 21.2 Å². The van der Waals surface area contributed by atoms with Gasteiger partial charge in [-0.3, -0.25) is 0 Å². The van der Waals surface area contributed by atoms with E-state index in [4.69, 9.17) is 4.65 Å². The molecule has 1 aromatic carbocycles. The van der Waals surface area contributed by atoms with Crippen molar-refractivity contribution in [1.82, 2.24) is 9.71 Å². The van der Waals surface area contributed by atoms with Crippen LogP contribution in [0.1, 0.15) is 5.56 Å². The molecule has 1 aromatic heterocycles. The van der Waals surface area contributed by atoms with Gasteiger partial charge in [0.2, 0.25) is 10.0 Å². The number of pyridine rings is 1. The Kier molecular flexibility index (Phi) is 5.54. The van der Waals surface area contributed by atoms with Crippen molar-refractivity contribution < 1.29 is 13.1 Å². The standard InChI is InChI=1S/C14H17BN3O3S/c1-21-15-18-14-5-3-4-13(17-14)12-8-6-11(7-9-12)10-16-22(2,19)20/h3-9,16H,10H2,1-2H3,(H,17,18). The first-order valence-electron chi connectivity index (χ1n) is 6.60. The van der Waals surface area contributed by atoms with Gasteiger partial charge in [0, 0.05) is 19.2 Å². The van der Waals surface area contributed by atoms with Crippen molar-refractivity contribution in [3.05, 3.63) is 48.0 Å². The lowest BCUT2D eigenvalue weighted by molar-refractivity contribution is 0.446. The normalized spacial score (nSPS) is 11.2. The van der Waals surface area contributed by atoms with Gasteiger partial charge in [0.15, 0.2) is 0 Å². The fraction of sp³-hybridized carbons (Fsp3) is 0.214. The molecule has 6 nitrogen and oxygen atoms in total. The molecule has 0 aliphatic carbocycles. The highest BCUT2D eigenvalue weighted by molar-refractivity contribution is 7.88. The summed E-state index contributed by atoms with van der Waals surface area (Å²) in [4.78, 5) is 4.46. The first-order chi connectivity index (χ1) is 10.5. The van der Waals surface area contributed by atoms with Crippen LogP contribution in [0.15, 0.2) is 42.5 Å². The third-order valence-corrected chi connectivity index (χ3v) is 3.53. The fourth-order valence-electron chi connectivity index (χ4n) is 1.80. The molecule has 0 unspecified atom stereocenters. The van der Waals surface area contributed by atoms with Crippen LogP contribution in [-0.4, -0.2) is 34.4 Å². The number of rotatable bonds is 7. The summed E-state index contributed by atoms with van der Waals surface area (Å²) in [6.07, 6.45) is 1.14. The molecule has 2 rings (SSSR count). The maximum atomic E-state index is 11.1. The van der Waals surface area contributed by atoms with Crippen LogP contribution < -0.4 is 9.95 Å². The Morgan fingerprint density at radius 3 is 2.55 bits per heavy atom. The van der Waals surface area contributed by atoms with Crippen LogP contribution in [0.5, 0.6) is 0 Å². The second-order valence-electron chi connectivity index (χ2n) is 4.70. The van der Waals surface area contributed by atoms with Crippen LogP contribution in [0.4, 0.5) is 5.82 Å². The van der Waals surface area contributed by atoms with E-state index in [1.165, 1.54) is 7.62 Å². The van der Waals surface area contributed by atoms with Gasteiger partial charge in [-0.05, 0) is 17.7 Å². The number of benzene rings is 1. The first-order valence-corrected chi connectivity index (χ1v) is 8.49. The minimum Gasteiger partial charge on any atom is -0.422 e. The lowest BCUT2D eigenvalue weighted by Crippen LogP contribution is -2.21. The van der Waals surface area contributed by atoms with E-state index in [-0.39, 0.29) is 6.54 Å². The number of aromatic nitrogens is 1. The van der Waals surface area contributed by atoms with E-state index in [0.717, 1.165) is 23.1 Å². The maximum absolute atomic E-state index is 11.1. The second-order valence-corrected chi connectivity index (χ2v) is 6.53. The highest BCUT2D eigenvalue weighted by atomic mass is 32.2. The molecule has 2 N–H and O–H groups in total. The smallest absolute Gasteiger partial charge is 0.422 e. The summed E-state index contributed by atoms with van der Waals surface area (Å²) < 4.78 is 29.4. The Labute approximate surface area is 131 Å². The van der Waals surface area contributed by atoms with Crippen molar-refractivity contribution in [2.75, 3.05) is 18.6 Å². The van der Waals surface area contributed by atoms with Gasteiger partial charge in [0.25, 0.3) is 0 Å². The minimum atomic E-state index is -3.19. The number of anilines is 1. The molecule has 0 aliphatic rings. The first kappa shape index (κ1) is 16.5. The SMILES string of the molecule is CO[B]Nc1cccc(-c2ccc(CNS(C)(=O)=O)cc2)n1. The van der Waals surface area contributed by atoms with E-state index in [2.05, 4.69) is 14.9 Å². The van der Waals surface area contributed by atoms with Crippen molar-refractivity contribution in [1.29, 1.82) is 0 Å². The minimum absolute atomic E-state index is 0.275. The summed E-state index contributed by atoms with van der Waals surface area (Å²) in [7, 11) is -0.179. The lowest BCUT2D eigenvalue weighted by Gasteiger charge is -2.07. The average Bonchev–Trinajstić information content (AvgIpc) is 2.51. The molecule has 0 bridgehead atoms. The highest BCUT2D eigenvalue weighted by Gasteiger charge is 2.04. The number of hydrogen-bond acceptors (Lipinski definition) is 5. The van der Waals surface area contributed by atoms with Crippen LogP contribution in [0.2, 0.25) is 0 Å².